The number of nitrogens with zero attached hydrogens (tertiary/aromatic N) is 1. The fourth-order valence-electron chi connectivity index (χ4n) is 1.99. The summed E-state index contributed by atoms with van der Waals surface area (Å²) in [6, 6.07) is 8.76. The first-order valence-electron chi connectivity index (χ1n) is 8.48. The first-order valence-corrected chi connectivity index (χ1v) is 8.48. The Morgan fingerprint density at radius 2 is 1.88 bits per heavy atom. The van der Waals surface area contributed by atoms with Gasteiger partial charge in [0.2, 0.25) is 5.91 Å². The maximum atomic E-state index is 12.4. The molecule has 1 atom stereocenters. The molecule has 7 heteroatoms. The van der Waals surface area contributed by atoms with Crippen LogP contribution in [0.15, 0.2) is 59.2 Å². The molecule has 7 nitrogen and oxygen atoms in total. The van der Waals surface area contributed by atoms with Crippen LogP contribution in [0, 0.1) is 0 Å². The summed E-state index contributed by atoms with van der Waals surface area (Å²) >= 11 is 0. The molecule has 0 radical (unpaired) electrons. The number of para-hydroxylation sites is 1. The van der Waals surface area contributed by atoms with Crippen LogP contribution in [0.3, 0.4) is 0 Å². The number of hydrogen-bond acceptors (Lipinski definition) is 4. The lowest BCUT2D eigenvalue weighted by Gasteiger charge is -2.13. The van der Waals surface area contributed by atoms with E-state index in [1.807, 2.05) is 44.2 Å². The molecule has 1 aromatic rings. The van der Waals surface area contributed by atoms with Crippen molar-refractivity contribution in [3.05, 3.63) is 54.3 Å². The highest BCUT2D eigenvalue weighted by molar-refractivity contribution is 5.97. The first-order chi connectivity index (χ1) is 12.5. The Balaban J connectivity index is 2.75. The topological polar surface area (TPSA) is 103 Å². The SMILES string of the molecule is CCC(=N[C@H](CC)C(=O)Nc1ccccc1)N/C=C(C)/C=C/C(=O)NO. The van der Waals surface area contributed by atoms with E-state index in [1.165, 1.54) is 11.6 Å². The summed E-state index contributed by atoms with van der Waals surface area (Å²) in [5.41, 5.74) is 3.02. The summed E-state index contributed by atoms with van der Waals surface area (Å²) in [6.07, 6.45) is 5.64. The molecule has 140 valence electrons. The zero-order valence-corrected chi connectivity index (χ0v) is 15.3. The van der Waals surface area contributed by atoms with Gasteiger partial charge < -0.3 is 10.6 Å². The molecule has 0 saturated carbocycles. The molecular formula is C19H26N4O3. The Morgan fingerprint density at radius 1 is 1.19 bits per heavy atom. The summed E-state index contributed by atoms with van der Waals surface area (Å²) in [7, 11) is 0. The number of rotatable bonds is 8. The minimum atomic E-state index is -0.606. The fraction of sp³-hybridized carbons (Fsp3) is 0.316. The Kier molecular flexibility index (Phi) is 9.42. The zero-order chi connectivity index (χ0) is 19.4. The molecule has 0 saturated heterocycles. The van der Waals surface area contributed by atoms with Crippen molar-refractivity contribution < 1.29 is 14.8 Å². The number of carbonyl (C=O) groups is 2. The molecule has 0 aliphatic heterocycles. The van der Waals surface area contributed by atoms with E-state index in [0.29, 0.717) is 18.7 Å². The van der Waals surface area contributed by atoms with Crippen LogP contribution in [0.1, 0.15) is 33.6 Å². The highest BCUT2D eigenvalue weighted by atomic mass is 16.5. The number of amides is 2. The standard InChI is InChI=1S/C19H26N4O3/c1-4-16(19(25)21-15-9-7-6-8-10-15)22-17(5-2)20-13-14(3)11-12-18(24)23-26/h6-13,16,26H,4-5H2,1-3H3,(H,20,22)(H,21,25)(H,23,24)/b12-11+,14-13+/t16-/m1/s1. The van der Waals surface area contributed by atoms with Gasteiger partial charge in [-0.1, -0.05) is 38.1 Å². The van der Waals surface area contributed by atoms with Crippen LogP contribution in [-0.4, -0.2) is 28.9 Å². The van der Waals surface area contributed by atoms with Crippen molar-refractivity contribution in [1.29, 1.82) is 0 Å². The van der Waals surface area contributed by atoms with Crippen molar-refractivity contribution in [3.8, 4) is 0 Å². The Morgan fingerprint density at radius 3 is 2.46 bits per heavy atom. The van der Waals surface area contributed by atoms with E-state index in [9.17, 15) is 9.59 Å². The Hall–Kier alpha value is -2.93. The van der Waals surface area contributed by atoms with Crippen LogP contribution in [0.25, 0.3) is 0 Å². The normalized spacial score (nSPS) is 13.4. The first kappa shape index (κ1) is 21.1. The van der Waals surface area contributed by atoms with Crippen molar-refractivity contribution in [2.75, 3.05) is 5.32 Å². The predicted molar refractivity (Wildman–Crippen MR) is 103 cm³/mol. The van der Waals surface area contributed by atoms with Crippen LogP contribution >= 0.6 is 0 Å². The van der Waals surface area contributed by atoms with E-state index in [1.54, 1.807) is 19.2 Å². The third kappa shape index (κ3) is 7.76. The van der Waals surface area contributed by atoms with E-state index in [0.717, 1.165) is 11.3 Å². The minimum absolute atomic E-state index is 0.160. The van der Waals surface area contributed by atoms with Crippen LogP contribution < -0.4 is 16.1 Å². The second-order valence-electron chi connectivity index (χ2n) is 5.55. The van der Waals surface area contributed by atoms with Crippen LogP contribution in [0.4, 0.5) is 5.69 Å². The third-order valence-electron chi connectivity index (χ3n) is 3.45. The summed E-state index contributed by atoms with van der Waals surface area (Å²) in [6.45, 7) is 5.63. The van der Waals surface area contributed by atoms with Crippen LogP contribution in [0.2, 0.25) is 0 Å². The second-order valence-corrected chi connectivity index (χ2v) is 5.55. The lowest BCUT2D eigenvalue weighted by Crippen LogP contribution is -2.29. The molecule has 1 aromatic carbocycles. The summed E-state index contributed by atoms with van der Waals surface area (Å²) in [5, 5.41) is 14.4. The fourth-order valence-corrected chi connectivity index (χ4v) is 1.99. The maximum Gasteiger partial charge on any atom is 0.267 e. The number of anilines is 1. The molecular weight excluding hydrogens is 332 g/mol. The molecule has 0 aromatic heterocycles. The quantitative estimate of drug-likeness (QED) is 0.143. The van der Waals surface area contributed by atoms with Gasteiger partial charge in [-0.05, 0) is 31.1 Å². The lowest BCUT2D eigenvalue weighted by molar-refractivity contribution is -0.124. The molecule has 1 rings (SSSR count). The van der Waals surface area contributed by atoms with Gasteiger partial charge in [0.05, 0.1) is 0 Å². The average Bonchev–Trinajstić information content (AvgIpc) is 2.66. The zero-order valence-electron chi connectivity index (χ0n) is 15.3. The van der Waals surface area contributed by atoms with Gasteiger partial charge in [-0.15, -0.1) is 0 Å². The van der Waals surface area contributed by atoms with Crippen molar-refractivity contribution in [2.45, 2.75) is 39.7 Å². The number of benzene rings is 1. The van der Waals surface area contributed by atoms with Crippen molar-refractivity contribution in [1.82, 2.24) is 10.8 Å². The molecule has 0 aliphatic rings. The number of carbonyl (C=O) groups excluding carboxylic acids is 2. The van der Waals surface area contributed by atoms with E-state index in [4.69, 9.17) is 5.21 Å². The van der Waals surface area contributed by atoms with Gasteiger partial charge in [-0.3, -0.25) is 19.8 Å². The van der Waals surface area contributed by atoms with E-state index in [2.05, 4.69) is 15.6 Å². The van der Waals surface area contributed by atoms with Gasteiger partial charge in [0.25, 0.3) is 5.91 Å². The molecule has 26 heavy (non-hydrogen) atoms. The number of nitrogens with one attached hydrogen (secondary N) is 3. The van der Waals surface area contributed by atoms with Crippen molar-refractivity contribution >= 4 is 23.3 Å². The molecule has 0 spiro atoms. The van der Waals surface area contributed by atoms with Gasteiger partial charge in [0.15, 0.2) is 0 Å². The van der Waals surface area contributed by atoms with E-state index in [-0.39, 0.29) is 5.91 Å². The van der Waals surface area contributed by atoms with Crippen LogP contribution in [0.5, 0.6) is 0 Å². The summed E-state index contributed by atoms with van der Waals surface area (Å²) in [4.78, 5) is 27.9. The minimum Gasteiger partial charge on any atom is -0.350 e. The molecule has 4 N–H and O–H groups in total. The van der Waals surface area contributed by atoms with E-state index >= 15 is 0 Å². The number of aliphatic imine (C=N–C) groups is 1. The Labute approximate surface area is 153 Å². The monoisotopic (exact) mass is 358 g/mol. The number of hydroxylamine groups is 1. The molecule has 0 bridgehead atoms. The largest absolute Gasteiger partial charge is 0.350 e. The molecule has 2 amide bonds. The van der Waals surface area contributed by atoms with Gasteiger partial charge in [-0.2, -0.15) is 0 Å². The maximum absolute atomic E-state index is 12.4. The average molecular weight is 358 g/mol. The second kappa shape index (κ2) is 11.6. The van der Waals surface area contributed by atoms with Gasteiger partial charge in [-0.25, -0.2) is 5.48 Å². The highest BCUT2D eigenvalue weighted by Crippen LogP contribution is 2.08. The summed E-state index contributed by atoms with van der Waals surface area (Å²) < 4.78 is 0. The van der Waals surface area contributed by atoms with Gasteiger partial charge >= 0.3 is 0 Å². The number of allylic oxidation sites excluding steroid dienone is 2. The van der Waals surface area contributed by atoms with E-state index < -0.39 is 11.9 Å². The van der Waals surface area contributed by atoms with Gasteiger partial charge in [0.1, 0.15) is 11.9 Å². The molecule has 0 heterocycles. The van der Waals surface area contributed by atoms with Gasteiger partial charge in [0, 0.05) is 24.4 Å². The molecule has 0 unspecified atom stereocenters. The van der Waals surface area contributed by atoms with Crippen molar-refractivity contribution in [2.24, 2.45) is 4.99 Å². The molecule has 0 aliphatic carbocycles. The number of hydrogen-bond donors (Lipinski definition) is 4. The Bertz CT molecular complexity index is 681. The smallest absolute Gasteiger partial charge is 0.267 e. The summed E-state index contributed by atoms with van der Waals surface area (Å²) in [5.74, 6) is -0.100. The highest BCUT2D eigenvalue weighted by Gasteiger charge is 2.16. The predicted octanol–water partition coefficient (Wildman–Crippen LogP) is 2.77. The van der Waals surface area contributed by atoms with Crippen LogP contribution in [-0.2, 0) is 9.59 Å². The lowest BCUT2D eigenvalue weighted by atomic mass is 10.2. The number of amidine groups is 1. The molecule has 0 fully saturated rings. The van der Waals surface area contributed by atoms with Crippen molar-refractivity contribution in [3.63, 3.8) is 0 Å². The third-order valence-corrected chi connectivity index (χ3v) is 3.45.